The summed E-state index contributed by atoms with van der Waals surface area (Å²) in [5.74, 6) is 0.375. The van der Waals surface area contributed by atoms with Gasteiger partial charge in [0.05, 0.1) is 18.1 Å². The first kappa shape index (κ1) is 12.8. The molecule has 1 aromatic carbocycles. The van der Waals surface area contributed by atoms with Gasteiger partial charge >= 0.3 is 0 Å². The second kappa shape index (κ2) is 4.74. The van der Waals surface area contributed by atoms with E-state index in [0.717, 1.165) is 0 Å². The minimum absolute atomic E-state index is 0.0579. The van der Waals surface area contributed by atoms with Crippen LogP contribution in [-0.4, -0.2) is 25.9 Å². The number of benzene rings is 1. The van der Waals surface area contributed by atoms with Gasteiger partial charge in [0.2, 0.25) is 0 Å². The first-order valence-corrected chi connectivity index (χ1v) is 6.66. The third kappa shape index (κ3) is 2.88. The van der Waals surface area contributed by atoms with Crippen LogP contribution in [0.25, 0.3) is 0 Å². The highest BCUT2D eigenvalue weighted by atomic mass is 32.2. The Kier molecular flexibility index (Phi) is 3.80. The number of sulfone groups is 1. The SMILES string of the molecule is COc1cc(O)ccc1CS(=O)(=O)C(C)C. The van der Waals surface area contributed by atoms with Gasteiger partial charge in [-0.3, -0.25) is 0 Å². The van der Waals surface area contributed by atoms with Gasteiger partial charge in [0.1, 0.15) is 11.5 Å². The molecule has 5 heteroatoms. The smallest absolute Gasteiger partial charge is 0.156 e. The Labute approximate surface area is 95.8 Å². The fourth-order valence-corrected chi connectivity index (χ4v) is 2.24. The molecule has 0 fully saturated rings. The van der Waals surface area contributed by atoms with E-state index in [1.165, 1.54) is 19.2 Å². The molecule has 0 aliphatic heterocycles. The van der Waals surface area contributed by atoms with Crippen molar-refractivity contribution >= 4 is 9.84 Å². The Bertz CT molecular complexity index is 463. The van der Waals surface area contributed by atoms with Gasteiger partial charge in [-0.25, -0.2) is 8.42 Å². The molecule has 0 bridgehead atoms. The molecule has 0 saturated heterocycles. The van der Waals surface area contributed by atoms with Crippen molar-refractivity contribution in [3.05, 3.63) is 23.8 Å². The fourth-order valence-electron chi connectivity index (χ4n) is 1.24. The zero-order valence-electron chi connectivity index (χ0n) is 9.60. The van der Waals surface area contributed by atoms with Crippen molar-refractivity contribution in [1.82, 2.24) is 0 Å². The van der Waals surface area contributed by atoms with Crippen LogP contribution < -0.4 is 4.74 Å². The van der Waals surface area contributed by atoms with E-state index in [2.05, 4.69) is 0 Å². The lowest BCUT2D eigenvalue weighted by molar-refractivity contribution is 0.404. The number of rotatable bonds is 4. The second-order valence-corrected chi connectivity index (χ2v) is 6.41. The van der Waals surface area contributed by atoms with Gasteiger partial charge in [-0.2, -0.15) is 0 Å². The standard InChI is InChI=1S/C11H16O4S/c1-8(2)16(13,14)7-9-4-5-10(12)6-11(9)15-3/h4-6,8,12H,7H2,1-3H3. The predicted molar refractivity (Wildman–Crippen MR) is 62.4 cm³/mol. The summed E-state index contributed by atoms with van der Waals surface area (Å²) in [7, 11) is -1.71. The molecule has 16 heavy (non-hydrogen) atoms. The second-order valence-electron chi connectivity index (χ2n) is 3.85. The number of hydrogen-bond donors (Lipinski definition) is 1. The molecule has 0 spiro atoms. The van der Waals surface area contributed by atoms with Crippen LogP contribution in [0.3, 0.4) is 0 Å². The van der Waals surface area contributed by atoms with E-state index >= 15 is 0 Å². The summed E-state index contributed by atoms with van der Waals surface area (Å²) in [5, 5.41) is 8.82. The molecule has 0 aliphatic rings. The van der Waals surface area contributed by atoms with E-state index in [4.69, 9.17) is 4.74 Å². The van der Waals surface area contributed by atoms with Crippen molar-refractivity contribution in [3.8, 4) is 11.5 Å². The predicted octanol–water partition coefficient (Wildman–Crippen LogP) is 1.72. The quantitative estimate of drug-likeness (QED) is 0.876. The third-order valence-electron chi connectivity index (χ3n) is 2.35. The van der Waals surface area contributed by atoms with Crippen molar-refractivity contribution in [3.63, 3.8) is 0 Å². The number of phenolic OH excluding ortho intramolecular Hbond substituents is 1. The summed E-state index contributed by atoms with van der Waals surface area (Å²) in [6.07, 6.45) is 0. The highest BCUT2D eigenvalue weighted by Crippen LogP contribution is 2.26. The Morgan fingerprint density at radius 1 is 1.38 bits per heavy atom. The van der Waals surface area contributed by atoms with Crippen LogP contribution in [0, 0.1) is 0 Å². The first-order valence-electron chi connectivity index (χ1n) is 4.94. The summed E-state index contributed by atoms with van der Waals surface area (Å²) in [6.45, 7) is 3.28. The Morgan fingerprint density at radius 3 is 2.50 bits per heavy atom. The van der Waals surface area contributed by atoms with E-state index in [-0.39, 0.29) is 11.5 Å². The lowest BCUT2D eigenvalue weighted by Gasteiger charge is -2.11. The zero-order valence-corrected chi connectivity index (χ0v) is 10.4. The lowest BCUT2D eigenvalue weighted by Crippen LogP contribution is -2.16. The van der Waals surface area contributed by atoms with Crippen molar-refractivity contribution in [1.29, 1.82) is 0 Å². The molecule has 90 valence electrons. The Balaban J connectivity index is 3.07. The van der Waals surface area contributed by atoms with E-state index in [1.807, 2.05) is 0 Å². The number of hydrogen-bond acceptors (Lipinski definition) is 4. The van der Waals surface area contributed by atoms with Crippen LogP contribution in [-0.2, 0) is 15.6 Å². The Morgan fingerprint density at radius 2 is 2.00 bits per heavy atom. The van der Waals surface area contributed by atoms with Crippen LogP contribution >= 0.6 is 0 Å². The van der Waals surface area contributed by atoms with Crippen molar-refractivity contribution < 1.29 is 18.3 Å². The molecule has 0 radical (unpaired) electrons. The molecular formula is C11H16O4S. The van der Waals surface area contributed by atoms with Gasteiger partial charge in [0.15, 0.2) is 9.84 Å². The van der Waals surface area contributed by atoms with E-state index in [1.54, 1.807) is 19.9 Å². The van der Waals surface area contributed by atoms with E-state index in [0.29, 0.717) is 11.3 Å². The first-order chi connectivity index (χ1) is 7.36. The molecule has 0 atom stereocenters. The summed E-state index contributed by atoms with van der Waals surface area (Å²) < 4.78 is 28.5. The summed E-state index contributed by atoms with van der Waals surface area (Å²) in [4.78, 5) is 0. The van der Waals surface area contributed by atoms with Gasteiger partial charge in [-0.05, 0) is 19.9 Å². The van der Waals surface area contributed by atoms with E-state index in [9.17, 15) is 13.5 Å². The van der Waals surface area contributed by atoms with Gasteiger partial charge in [0, 0.05) is 11.6 Å². The van der Waals surface area contributed by atoms with Crippen LogP contribution in [0.4, 0.5) is 0 Å². The average molecular weight is 244 g/mol. The van der Waals surface area contributed by atoms with Crippen LogP contribution in [0.5, 0.6) is 11.5 Å². The molecule has 0 amide bonds. The van der Waals surface area contributed by atoms with Gasteiger partial charge in [-0.1, -0.05) is 6.07 Å². The number of phenols is 1. The molecule has 0 aliphatic carbocycles. The maximum atomic E-state index is 11.7. The Hall–Kier alpha value is -1.23. The normalized spacial score (nSPS) is 11.8. The van der Waals surface area contributed by atoms with Gasteiger partial charge < -0.3 is 9.84 Å². The fraction of sp³-hybridized carbons (Fsp3) is 0.455. The summed E-state index contributed by atoms with van der Waals surface area (Å²) in [5.41, 5.74) is 0.564. The summed E-state index contributed by atoms with van der Waals surface area (Å²) >= 11 is 0. The lowest BCUT2D eigenvalue weighted by atomic mass is 10.2. The number of aromatic hydroxyl groups is 1. The molecular weight excluding hydrogens is 228 g/mol. The van der Waals surface area contributed by atoms with Crippen LogP contribution in [0.1, 0.15) is 19.4 Å². The minimum Gasteiger partial charge on any atom is -0.508 e. The molecule has 1 aromatic rings. The number of methoxy groups -OCH3 is 1. The molecule has 0 unspecified atom stereocenters. The van der Waals surface area contributed by atoms with Gasteiger partial charge in [-0.15, -0.1) is 0 Å². The van der Waals surface area contributed by atoms with Crippen LogP contribution in [0.15, 0.2) is 18.2 Å². The van der Waals surface area contributed by atoms with Crippen molar-refractivity contribution in [2.45, 2.75) is 24.9 Å². The molecule has 0 saturated carbocycles. The largest absolute Gasteiger partial charge is 0.508 e. The third-order valence-corrected chi connectivity index (χ3v) is 4.50. The monoisotopic (exact) mass is 244 g/mol. The van der Waals surface area contributed by atoms with Crippen molar-refractivity contribution in [2.24, 2.45) is 0 Å². The van der Waals surface area contributed by atoms with Crippen molar-refractivity contribution in [2.75, 3.05) is 7.11 Å². The maximum absolute atomic E-state index is 11.7. The molecule has 0 heterocycles. The van der Waals surface area contributed by atoms with Gasteiger partial charge in [0.25, 0.3) is 0 Å². The zero-order chi connectivity index (χ0) is 12.3. The molecule has 4 nitrogen and oxygen atoms in total. The average Bonchev–Trinajstić information content (AvgIpc) is 2.20. The molecule has 0 aromatic heterocycles. The molecule has 1 rings (SSSR count). The van der Waals surface area contributed by atoms with Crippen LogP contribution in [0.2, 0.25) is 0 Å². The maximum Gasteiger partial charge on any atom is 0.156 e. The summed E-state index contributed by atoms with van der Waals surface area (Å²) in [6, 6.07) is 4.42. The topological polar surface area (TPSA) is 63.6 Å². The van der Waals surface area contributed by atoms with E-state index < -0.39 is 15.1 Å². The highest BCUT2D eigenvalue weighted by Gasteiger charge is 2.19. The number of ether oxygens (including phenoxy) is 1. The highest BCUT2D eigenvalue weighted by molar-refractivity contribution is 7.91. The molecule has 1 N–H and O–H groups in total. The minimum atomic E-state index is -3.16.